The predicted octanol–water partition coefficient (Wildman–Crippen LogP) is 2.28. The van der Waals surface area contributed by atoms with E-state index in [4.69, 9.17) is 10.4 Å². The van der Waals surface area contributed by atoms with Crippen molar-refractivity contribution in [1.82, 2.24) is 9.78 Å². The van der Waals surface area contributed by atoms with Crippen LogP contribution in [0.15, 0.2) is 18.2 Å². The van der Waals surface area contributed by atoms with Gasteiger partial charge in [0.25, 0.3) is 0 Å². The Morgan fingerprint density at radius 1 is 1.33 bits per heavy atom. The number of aliphatic hydroxyl groups excluding tert-OH is 1. The smallest absolute Gasteiger partial charge is 0.0992 e. The van der Waals surface area contributed by atoms with Crippen LogP contribution in [0.25, 0.3) is 0 Å². The van der Waals surface area contributed by atoms with Crippen molar-refractivity contribution in [3.05, 3.63) is 46.3 Å². The first-order valence-electron chi connectivity index (χ1n) is 6.95. The summed E-state index contributed by atoms with van der Waals surface area (Å²) in [5, 5.41) is 25.8. The Hall–Kier alpha value is -2.32. The maximum Gasteiger partial charge on any atom is 0.0992 e. The number of nitrogens with zero attached hydrogens (tertiary/aromatic N) is 3. The molecule has 0 bridgehead atoms. The first-order valence-corrected chi connectivity index (χ1v) is 6.95. The number of nitriles is 1. The Morgan fingerprint density at radius 3 is 2.76 bits per heavy atom. The van der Waals surface area contributed by atoms with Gasteiger partial charge < -0.3 is 10.4 Å². The van der Waals surface area contributed by atoms with E-state index >= 15 is 0 Å². The van der Waals surface area contributed by atoms with E-state index < -0.39 is 0 Å². The van der Waals surface area contributed by atoms with E-state index in [1.165, 1.54) is 0 Å². The van der Waals surface area contributed by atoms with Crippen LogP contribution >= 0.6 is 0 Å². The zero-order chi connectivity index (χ0) is 15.4. The fourth-order valence-corrected chi connectivity index (χ4v) is 2.37. The topological polar surface area (TPSA) is 73.9 Å². The van der Waals surface area contributed by atoms with E-state index in [9.17, 15) is 0 Å². The molecule has 21 heavy (non-hydrogen) atoms. The summed E-state index contributed by atoms with van der Waals surface area (Å²) in [7, 11) is 0. The fraction of sp³-hybridized carbons (Fsp3) is 0.375. The number of rotatable bonds is 5. The van der Waals surface area contributed by atoms with Gasteiger partial charge in [0, 0.05) is 23.5 Å². The summed E-state index contributed by atoms with van der Waals surface area (Å²) in [6, 6.07) is 7.77. The van der Waals surface area contributed by atoms with Gasteiger partial charge in [-0.1, -0.05) is 6.07 Å². The average molecular weight is 284 g/mol. The first-order chi connectivity index (χ1) is 10.1. The van der Waals surface area contributed by atoms with Crippen LogP contribution in [0.3, 0.4) is 0 Å². The molecule has 0 radical (unpaired) electrons. The zero-order valence-electron chi connectivity index (χ0n) is 12.6. The highest BCUT2D eigenvalue weighted by Gasteiger charge is 2.11. The summed E-state index contributed by atoms with van der Waals surface area (Å²) >= 11 is 0. The fourth-order valence-electron chi connectivity index (χ4n) is 2.37. The minimum absolute atomic E-state index is 0.0815. The lowest BCUT2D eigenvalue weighted by atomic mass is 10.1. The monoisotopic (exact) mass is 284 g/mol. The Morgan fingerprint density at radius 2 is 2.10 bits per heavy atom. The molecule has 0 saturated heterocycles. The van der Waals surface area contributed by atoms with Gasteiger partial charge in [0.15, 0.2) is 0 Å². The summed E-state index contributed by atoms with van der Waals surface area (Å²) in [4.78, 5) is 0. The summed E-state index contributed by atoms with van der Waals surface area (Å²) < 4.78 is 1.82. The summed E-state index contributed by atoms with van der Waals surface area (Å²) in [5.74, 6) is 0. The van der Waals surface area contributed by atoms with Crippen LogP contribution in [0, 0.1) is 32.1 Å². The molecule has 5 heteroatoms. The lowest BCUT2D eigenvalue weighted by Gasteiger charge is -2.10. The van der Waals surface area contributed by atoms with Gasteiger partial charge in [0.1, 0.15) is 0 Å². The van der Waals surface area contributed by atoms with Crippen molar-refractivity contribution in [2.45, 2.75) is 33.9 Å². The van der Waals surface area contributed by atoms with Crippen molar-refractivity contribution >= 4 is 5.69 Å². The molecule has 2 rings (SSSR count). The van der Waals surface area contributed by atoms with Crippen LogP contribution in [0.2, 0.25) is 0 Å². The maximum atomic E-state index is 9.04. The molecule has 0 saturated carbocycles. The quantitative estimate of drug-likeness (QED) is 0.883. The van der Waals surface area contributed by atoms with Gasteiger partial charge in [-0.05, 0) is 38.5 Å². The molecule has 5 nitrogen and oxygen atoms in total. The highest BCUT2D eigenvalue weighted by atomic mass is 16.3. The van der Waals surface area contributed by atoms with Crippen LogP contribution < -0.4 is 5.32 Å². The third kappa shape index (κ3) is 3.23. The number of hydrogen-bond donors (Lipinski definition) is 2. The summed E-state index contributed by atoms with van der Waals surface area (Å²) in [6.07, 6.45) is 0. The second-order valence-corrected chi connectivity index (χ2v) is 5.09. The lowest BCUT2D eigenvalue weighted by molar-refractivity contribution is 0.268. The Bertz CT molecular complexity index is 682. The normalized spacial score (nSPS) is 10.4. The molecule has 1 aromatic carbocycles. The maximum absolute atomic E-state index is 9.04. The standard InChI is InChI=1S/C16H20N4O/c1-11-4-5-14(9-17)8-16(11)18-10-15-12(2)19-20(6-7-21)13(15)3/h4-5,8,18,21H,6-7,10H2,1-3H3. The third-order valence-electron chi connectivity index (χ3n) is 3.67. The Kier molecular flexibility index (Phi) is 4.61. The predicted molar refractivity (Wildman–Crippen MR) is 82.0 cm³/mol. The number of aromatic nitrogens is 2. The number of aliphatic hydroxyl groups is 1. The van der Waals surface area contributed by atoms with E-state index in [0.29, 0.717) is 18.7 Å². The molecule has 2 aromatic rings. The van der Waals surface area contributed by atoms with Gasteiger partial charge >= 0.3 is 0 Å². The number of hydrogen-bond acceptors (Lipinski definition) is 4. The van der Waals surface area contributed by atoms with Gasteiger partial charge in [-0.25, -0.2) is 0 Å². The van der Waals surface area contributed by atoms with E-state index in [-0.39, 0.29) is 6.61 Å². The van der Waals surface area contributed by atoms with Crippen molar-refractivity contribution in [2.75, 3.05) is 11.9 Å². The Balaban J connectivity index is 2.19. The molecule has 0 atom stereocenters. The number of aryl methyl sites for hydroxylation is 2. The third-order valence-corrected chi connectivity index (χ3v) is 3.67. The molecule has 0 unspecified atom stereocenters. The van der Waals surface area contributed by atoms with E-state index in [1.54, 1.807) is 0 Å². The number of anilines is 1. The SMILES string of the molecule is Cc1ccc(C#N)cc1NCc1c(C)nn(CCO)c1C. The largest absolute Gasteiger partial charge is 0.394 e. The van der Waals surface area contributed by atoms with Gasteiger partial charge in [0.2, 0.25) is 0 Å². The van der Waals surface area contributed by atoms with Gasteiger partial charge in [-0.15, -0.1) is 0 Å². The molecule has 0 amide bonds. The molecule has 110 valence electrons. The molecule has 0 spiro atoms. The Labute approximate surface area is 124 Å². The molecule has 1 heterocycles. The van der Waals surface area contributed by atoms with Crippen molar-refractivity contribution < 1.29 is 5.11 Å². The lowest BCUT2D eigenvalue weighted by Crippen LogP contribution is -2.07. The van der Waals surface area contributed by atoms with Crippen molar-refractivity contribution in [2.24, 2.45) is 0 Å². The second-order valence-electron chi connectivity index (χ2n) is 5.09. The van der Waals surface area contributed by atoms with Crippen LogP contribution in [0.4, 0.5) is 5.69 Å². The molecular weight excluding hydrogens is 264 g/mol. The van der Waals surface area contributed by atoms with Crippen molar-refractivity contribution in [1.29, 1.82) is 5.26 Å². The van der Waals surface area contributed by atoms with E-state index in [2.05, 4.69) is 16.5 Å². The minimum Gasteiger partial charge on any atom is -0.394 e. The second kappa shape index (κ2) is 6.42. The zero-order valence-corrected chi connectivity index (χ0v) is 12.6. The number of benzene rings is 1. The molecule has 2 N–H and O–H groups in total. The van der Waals surface area contributed by atoms with Crippen molar-refractivity contribution in [3.63, 3.8) is 0 Å². The summed E-state index contributed by atoms with van der Waals surface area (Å²) in [6.45, 7) is 7.23. The van der Waals surface area contributed by atoms with Gasteiger partial charge in [0.05, 0.1) is 30.5 Å². The molecule has 0 aliphatic heterocycles. The average Bonchev–Trinajstić information content (AvgIpc) is 2.73. The first kappa shape index (κ1) is 15.1. The van der Waals surface area contributed by atoms with Crippen LogP contribution in [0.1, 0.15) is 28.1 Å². The minimum atomic E-state index is 0.0815. The molecule has 0 fully saturated rings. The van der Waals surface area contributed by atoms with Gasteiger partial charge in [-0.2, -0.15) is 10.4 Å². The van der Waals surface area contributed by atoms with Crippen LogP contribution in [0.5, 0.6) is 0 Å². The molecule has 0 aliphatic carbocycles. The van der Waals surface area contributed by atoms with Crippen molar-refractivity contribution in [3.8, 4) is 6.07 Å². The van der Waals surface area contributed by atoms with Crippen LogP contribution in [-0.2, 0) is 13.1 Å². The highest BCUT2D eigenvalue weighted by molar-refractivity contribution is 5.55. The number of nitrogens with one attached hydrogen (secondary N) is 1. The molecule has 0 aliphatic rings. The summed E-state index contributed by atoms with van der Waals surface area (Å²) in [5.41, 5.74) is 5.86. The molecular formula is C16H20N4O. The highest BCUT2D eigenvalue weighted by Crippen LogP contribution is 2.20. The molecule has 1 aromatic heterocycles. The van der Waals surface area contributed by atoms with E-state index in [0.717, 1.165) is 28.2 Å². The van der Waals surface area contributed by atoms with E-state index in [1.807, 2.05) is 43.7 Å². The van der Waals surface area contributed by atoms with Gasteiger partial charge in [-0.3, -0.25) is 4.68 Å². The van der Waals surface area contributed by atoms with Crippen LogP contribution in [-0.4, -0.2) is 21.5 Å².